The van der Waals surface area contributed by atoms with Crippen LogP contribution in [-0.4, -0.2) is 49.9 Å². The maximum atomic E-state index is 5.45. The standard InChI is InChI=1S/C18H30N4O2.HI/c1-6-19-17(20-9-10-21-18(2,3)4)22(5)12-14-7-8-15-16(11-14)24-13-23-15;/h7-8,11,21H,6,9-10,12-13H2,1-5H3,(H,19,20);1H. The number of fused-ring (bicyclic) bond motifs is 1. The molecular weight excluding hydrogens is 431 g/mol. The van der Waals surface area contributed by atoms with Crippen LogP contribution in [-0.2, 0) is 6.54 Å². The summed E-state index contributed by atoms with van der Waals surface area (Å²) < 4.78 is 10.8. The molecule has 2 rings (SSSR count). The van der Waals surface area contributed by atoms with Gasteiger partial charge in [-0.15, -0.1) is 24.0 Å². The zero-order valence-electron chi connectivity index (χ0n) is 15.9. The molecule has 6 nitrogen and oxygen atoms in total. The van der Waals surface area contributed by atoms with E-state index in [1.165, 1.54) is 5.56 Å². The number of hydrogen-bond acceptors (Lipinski definition) is 4. The van der Waals surface area contributed by atoms with Crippen molar-refractivity contribution in [3.05, 3.63) is 23.8 Å². The molecule has 0 spiro atoms. The second kappa shape index (κ2) is 10.1. The van der Waals surface area contributed by atoms with Gasteiger partial charge in [0.05, 0.1) is 6.54 Å². The Morgan fingerprint density at radius 3 is 2.64 bits per heavy atom. The average molecular weight is 462 g/mol. The van der Waals surface area contributed by atoms with Crippen molar-refractivity contribution in [2.75, 3.05) is 33.5 Å². The van der Waals surface area contributed by atoms with Gasteiger partial charge in [0.25, 0.3) is 0 Å². The van der Waals surface area contributed by atoms with Crippen molar-refractivity contribution >= 4 is 29.9 Å². The maximum absolute atomic E-state index is 5.45. The Morgan fingerprint density at radius 2 is 1.96 bits per heavy atom. The summed E-state index contributed by atoms with van der Waals surface area (Å²) >= 11 is 0. The van der Waals surface area contributed by atoms with Crippen molar-refractivity contribution in [3.8, 4) is 11.5 Å². The minimum absolute atomic E-state index is 0. The van der Waals surface area contributed by atoms with Crippen LogP contribution in [0.5, 0.6) is 11.5 Å². The molecular formula is C18H31IN4O2. The van der Waals surface area contributed by atoms with E-state index in [9.17, 15) is 0 Å². The number of guanidine groups is 1. The number of ether oxygens (including phenoxy) is 2. The second-order valence-corrected chi connectivity index (χ2v) is 6.96. The van der Waals surface area contributed by atoms with Crippen LogP contribution in [0.2, 0.25) is 0 Å². The van der Waals surface area contributed by atoms with E-state index in [2.05, 4.69) is 49.3 Å². The van der Waals surface area contributed by atoms with Gasteiger partial charge >= 0.3 is 0 Å². The first-order valence-corrected chi connectivity index (χ1v) is 8.52. The summed E-state index contributed by atoms with van der Waals surface area (Å²) in [6, 6.07) is 6.06. The SMILES string of the molecule is CCNC(=NCCNC(C)(C)C)N(C)Cc1ccc2c(c1)OCO2.I. The van der Waals surface area contributed by atoms with Crippen LogP contribution < -0.4 is 20.1 Å². The quantitative estimate of drug-likeness (QED) is 0.295. The van der Waals surface area contributed by atoms with Gasteiger partial charge in [-0.3, -0.25) is 4.99 Å². The predicted octanol–water partition coefficient (Wildman–Crippen LogP) is 2.82. The van der Waals surface area contributed by atoms with Crippen LogP contribution in [0.1, 0.15) is 33.3 Å². The van der Waals surface area contributed by atoms with Gasteiger partial charge < -0.3 is 25.0 Å². The Kier molecular flexibility index (Phi) is 8.78. The van der Waals surface area contributed by atoms with E-state index in [4.69, 9.17) is 14.5 Å². The number of hydrogen-bond donors (Lipinski definition) is 2. The number of benzene rings is 1. The number of halogens is 1. The molecule has 142 valence electrons. The van der Waals surface area contributed by atoms with Gasteiger partial charge in [0.1, 0.15) is 0 Å². The molecule has 1 aromatic carbocycles. The van der Waals surface area contributed by atoms with Crippen molar-refractivity contribution in [2.45, 2.75) is 39.8 Å². The summed E-state index contributed by atoms with van der Waals surface area (Å²) in [4.78, 5) is 6.82. The van der Waals surface area contributed by atoms with Gasteiger partial charge in [0, 0.05) is 32.2 Å². The van der Waals surface area contributed by atoms with Gasteiger partial charge in [0.2, 0.25) is 6.79 Å². The van der Waals surface area contributed by atoms with Gasteiger partial charge in [0.15, 0.2) is 17.5 Å². The van der Waals surface area contributed by atoms with Crippen LogP contribution in [0, 0.1) is 0 Å². The summed E-state index contributed by atoms with van der Waals surface area (Å²) in [5.41, 5.74) is 1.28. The third-order valence-corrected chi connectivity index (χ3v) is 3.58. The van der Waals surface area contributed by atoms with E-state index in [1.54, 1.807) is 0 Å². The highest BCUT2D eigenvalue weighted by molar-refractivity contribution is 14.0. The Bertz CT molecular complexity index is 573. The Balaban J connectivity index is 0.00000312. The molecule has 1 aliphatic rings. The van der Waals surface area contributed by atoms with Crippen molar-refractivity contribution in [1.29, 1.82) is 0 Å². The first kappa shape index (κ1) is 21.8. The van der Waals surface area contributed by atoms with Gasteiger partial charge in [-0.25, -0.2) is 0 Å². The third kappa shape index (κ3) is 7.27. The van der Waals surface area contributed by atoms with Crippen LogP contribution in [0.15, 0.2) is 23.2 Å². The highest BCUT2D eigenvalue weighted by Gasteiger charge is 2.15. The molecule has 1 heterocycles. The molecule has 1 aromatic rings. The molecule has 0 radical (unpaired) electrons. The lowest BCUT2D eigenvalue weighted by molar-refractivity contribution is 0.174. The van der Waals surface area contributed by atoms with E-state index < -0.39 is 0 Å². The largest absolute Gasteiger partial charge is 0.454 e. The molecule has 0 atom stereocenters. The van der Waals surface area contributed by atoms with Crippen LogP contribution >= 0.6 is 24.0 Å². The van der Waals surface area contributed by atoms with Crippen LogP contribution in [0.4, 0.5) is 0 Å². The molecule has 0 aliphatic carbocycles. The summed E-state index contributed by atoms with van der Waals surface area (Å²) in [7, 11) is 2.04. The predicted molar refractivity (Wildman–Crippen MR) is 113 cm³/mol. The molecule has 25 heavy (non-hydrogen) atoms. The summed E-state index contributed by atoms with van der Waals surface area (Å²) in [5.74, 6) is 2.54. The number of nitrogens with one attached hydrogen (secondary N) is 2. The Morgan fingerprint density at radius 1 is 1.24 bits per heavy atom. The lowest BCUT2D eigenvalue weighted by atomic mass is 10.1. The Labute approximate surface area is 168 Å². The number of nitrogens with zero attached hydrogens (tertiary/aromatic N) is 2. The molecule has 0 aromatic heterocycles. The summed E-state index contributed by atoms with van der Waals surface area (Å²) in [5, 5.41) is 6.80. The first-order valence-electron chi connectivity index (χ1n) is 8.52. The summed E-state index contributed by atoms with van der Waals surface area (Å²) in [6.07, 6.45) is 0. The minimum Gasteiger partial charge on any atom is -0.454 e. The fourth-order valence-corrected chi connectivity index (χ4v) is 2.45. The first-order chi connectivity index (χ1) is 11.4. The van der Waals surface area contributed by atoms with Crippen molar-refractivity contribution in [3.63, 3.8) is 0 Å². The molecule has 0 saturated heterocycles. The Hall–Kier alpha value is -1.22. The second-order valence-electron chi connectivity index (χ2n) is 6.96. The zero-order valence-corrected chi connectivity index (χ0v) is 18.2. The normalized spacial score (nSPS) is 13.4. The van der Waals surface area contributed by atoms with Gasteiger partial charge in [-0.2, -0.15) is 0 Å². The highest BCUT2D eigenvalue weighted by Crippen LogP contribution is 2.32. The number of rotatable bonds is 6. The molecule has 1 aliphatic heterocycles. The molecule has 0 fully saturated rings. The van der Waals surface area contributed by atoms with E-state index in [1.807, 2.05) is 19.2 Å². The molecule has 0 amide bonds. The van der Waals surface area contributed by atoms with E-state index in [0.29, 0.717) is 6.79 Å². The molecule has 7 heteroatoms. The fraction of sp³-hybridized carbons (Fsp3) is 0.611. The lowest BCUT2D eigenvalue weighted by Crippen LogP contribution is -2.40. The third-order valence-electron chi connectivity index (χ3n) is 3.58. The van der Waals surface area contributed by atoms with Gasteiger partial charge in [-0.1, -0.05) is 6.07 Å². The van der Waals surface area contributed by atoms with E-state index in [-0.39, 0.29) is 29.5 Å². The minimum atomic E-state index is 0. The smallest absolute Gasteiger partial charge is 0.231 e. The maximum Gasteiger partial charge on any atom is 0.231 e. The van der Waals surface area contributed by atoms with E-state index in [0.717, 1.165) is 43.6 Å². The fourth-order valence-electron chi connectivity index (χ4n) is 2.45. The van der Waals surface area contributed by atoms with Crippen molar-refractivity contribution in [1.82, 2.24) is 15.5 Å². The molecule has 2 N–H and O–H groups in total. The van der Waals surface area contributed by atoms with Crippen molar-refractivity contribution in [2.24, 2.45) is 4.99 Å². The van der Waals surface area contributed by atoms with E-state index >= 15 is 0 Å². The lowest BCUT2D eigenvalue weighted by Gasteiger charge is -2.23. The van der Waals surface area contributed by atoms with Crippen LogP contribution in [0.3, 0.4) is 0 Å². The number of aliphatic imine (C=N–C) groups is 1. The molecule has 0 saturated carbocycles. The van der Waals surface area contributed by atoms with Crippen molar-refractivity contribution < 1.29 is 9.47 Å². The monoisotopic (exact) mass is 462 g/mol. The average Bonchev–Trinajstić information content (AvgIpc) is 2.97. The molecule has 0 bridgehead atoms. The van der Waals surface area contributed by atoms with Gasteiger partial charge in [-0.05, 0) is 45.4 Å². The zero-order chi connectivity index (χ0) is 17.6. The topological polar surface area (TPSA) is 58.1 Å². The molecule has 0 unspecified atom stereocenters. The van der Waals surface area contributed by atoms with Crippen LogP contribution in [0.25, 0.3) is 0 Å². The highest BCUT2D eigenvalue weighted by atomic mass is 127. The summed E-state index contributed by atoms with van der Waals surface area (Å²) in [6.45, 7) is 12.1.